The highest BCUT2D eigenvalue weighted by Crippen LogP contribution is 2.06. The van der Waals surface area contributed by atoms with E-state index >= 15 is 0 Å². The Labute approximate surface area is 98.6 Å². The van der Waals surface area contributed by atoms with Gasteiger partial charge < -0.3 is 4.84 Å². The predicted octanol–water partition coefficient (Wildman–Crippen LogP) is 4.10. The van der Waals surface area contributed by atoms with Crippen molar-refractivity contribution in [1.29, 1.82) is 0 Å². The van der Waals surface area contributed by atoms with E-state index in [0.717, 1.165) is 12.2 Å². The van der Waals surface area contributed by atoms with E-state index in [-0.39, 0.29) is 0 Å². The van der Waals surface area contributed by atoms with Gasteiger partial charge in [0.25, 0.3) is 0 Å². The van der Waals surface area contributed by atoms with Crippen LogP contribution in [0.25, 0.3) is 0 Å². The van der Waals surface area contributed by atoms with Crippen molar-refractivity contribution in [2.45, 2.75) is 34.1 Å². The van der Waals surface area contributed by atoms with Crippen LogP contribution in [0.15, 0.2) is 41.3 Å². The molecule has 0 fully saturated rings. The van der Waals surface area contributed by atoms with E-state index in [0.29, 0.717) is 0 Å². The average Bonchev–Trinajstić information content (AvgIpc) is 2.31. The Kier molecular flexibility index (Phi) is 7.86. The molecule has 1 rings (SSSR count). The molecule has 0 saturated carbocycles. The number of hydrogen-bond acceptors (Lipinski definition) is 2. The van der Waals surface area contributed by atoms with E-state index in [2.05, 4.69) is 43.1 Å². The van der Waals surface area contributed by atoms with Gasteiger partial charge in [-0.25, -0.2) is 0 Å². The summed E-state index contributed by atoms with van der Waals surface area (Å²) in [5.74, 6) is 0.778. The second kappa shape index (κ2) is 8.72. The van der Waals surface area contributed by atoms with Crippen molar-refractivity contribution < 1.29 is 4.84 Å². The van der Waals surface area contributed by atoms with Crippen molar-refractivity contribution in [1.82, 2.24) is 0 Å². The fourth-order valence-electron chi connectivity index (χ4n) is 1.12. The van der Waals surface area contributed by atoms with Crippen molar-refractivity contribution in [3.05, 3.63) is 47.2 Å². The highest BCUT2D eigenvalue weighted by atomic mass is 16.6. The van der Waals surface area contributed by atoms with Gasteiger partial charge in [-0.1, -0.05) is 48.8 Å². The summed E-state index contributed by atoms with van der Waals surface area (Å²) in [6.07, 6.45) is 2.85. The minimum Gasteiger partial charge on any atom is -0.363 e. The third kappa shape index (κ3) is 6.02. The zero-order valence-corrected chi connectivity index (χ0v) is 10.7. The van der Waals surface area contributed by atoms with Crippen LogP contribution in [0.2, 0.25) is 0 Å². The molecule has 0 aliphatic carbocycles. The second-order valence-corrected chi connectivity index (χ2v) is 3.22. The minimum absolute atomic E-state index is 0.778. The molecule has 0 aliphatic rings. The molecule has 0 bridgehead atoms. The molecule has 0 radical (unpaired) electrons. The maximum Gasteiger partial charge on any atom is 0.128 e. The molecule has 0 heterocycles. The molecular weight excluding hydrogens is 198 g/mol. The molecule has 0 aromatic heterocycles. The van der Waals surface area contributed by atoms with Gasteiger partial charge in [0.05, 0.1) is 0 Å². The lowest BCUT2D eigenvalue weighted by molar-refractivity contribution is 0.232. The maximum atomic E-state index is 4.86. The van der Waals surface area contributed by atoms with Crippen LogP contribution in [-0.2, 0) is 11.3 Å². The molecule has 1 aromatic rings. The Hall–Kier alpha value is -1.57. The summed E-state index contributed by atoms with van der Waals surface area (Å²) in [6.45, 7) is 11.2. The van der Waals surface area contributed by atoms with Crippen molar-refractivity contribution in [2.75, 3.05) is 0 Å². The smallest absolute Gasteiger partial charge is 0.128 e. The number of nitrogens with zero attached hydrogens (tertiary/aromatic N) is 1. The standard InChI is InChI=1S/C12H15NO.C2H6/c1-10-4-7-12(8-5-10)9-6-11(2)14-13-3;1-2/h4-8H,3,9H2,1-2H3;1-2H3/b11-6-;. The fourth-order valence-corrected chi connectivity index (χ4v) is 1.12. The summed E-state index contributed by atoms with van der Waals surface area (Å²) in [4.78, 5) is 4.86. The molecule has 0 spiro atoms. The fraction of sp³-hybridized carbons (Fsp3) is 0.357. The Morgan fingerprint density at radius 1 is 1.31 bits per heavy atom. The normalized spacial score (nSPS) is 10.1. The van der Waals surface area contributed by atoms with Gasteiger partial charge in [-0.15, -0.1) is 0 Å². The van der Waals surface area contributed by atoms with Gasteiger partial charge in [0.2, 0.25) is 0 Å². The number of rotatable bonds is 4. The second-order valence-electron chi connectivity index (χ2n) is 3.22. The van der Waals surface area contributed by atoms with Crippen molar-refractivity contribution in [3.63, 3.8) is 0 Å². The molecule has 0 atom stereocenters. The molecule has 0 amide bonds. The summed E-state index contributed by atoms with van der Waals surface area (Å²) in [5.41, 5.74) is 2.54. The van der Waals surface area contributed by atoms with Gasteiger partial charge in [-0.2, -0.15) is 0 Å². The molecular formula is C14H21NO. The molecule has 0 aliphatic heterocycles. The Morgan fingerprint density at radius 2 is 1.88 bits per heavy atom. The molecule has 0 saturated heterocycles. The third-order valence-electron chi connectivity index (χ3n) is 1.95. The van der Waals surface area contributed by atoms with Crippen LogP contribution in [-0.4, -0.2) is 6.72 Å². The lowest BCUT2D eigenvalue weighted by Gasteiger charge is -1.99. The van der Waals surface area contributed by atoms with Crippen LogP contribution < -0.4 is 0 Å². The highest BCUT2D eigenvalue weighted by Gasteiger charge is 1.91. The van der Waals surface area contributed by atoms with Gasteiger partial charge in [0.1, 0.15) is 5.76 Å². The van der Waals surface area contributed by atoms with E-state index in [4.69, 9.17) is 4.84 Å². The lowest BCUT2D eigenvalue weighted by atomic mass is 10.1. The first-order valence-corrected chi connectivity index (χ1v) is 5.57. The number of benzene rings is 1. The summed E-state index contributed by atoms with van der Waals surface area (Å²) >= 11 is 0. The average molecular weight is 219 g/mol. The van der Waals surface area contributed by atoms with Gasteiger partial charge in [-0.3, -0.25) is 0 Å². The van der Waals surface area contributed by atoms with Crippen LogP contribution in [0, 0.1) is 6.92 Å². The summed E-state index contributed by atoms with van der Waals surface area (Å²) < 4.78 is 0. The van der Waals surface area contributed by atoms with Crippen LogP contribution in [0.1, 0.15) is 31.9 Å². The van der Waals surface area contributed by atoms with Crippen LogP contribution >= 0.6 is 0 Å². The van der Waals surface area contributed by atoms with E-state index in [1.54, 1.807) is 0 Å². The predicted molar refractivity (Wildman–Crippen MR) is 70.6 cm³/mol. The Balaban J connectivity index is 0.00000106. The molecule has 1 aromatic carbocycles. The highest BCUT2D eigenvalue weighted by molar-refractivity contribution is 5.23. The van der Waals surface area contributed by atoms with Crippen LogP contribution in [0.4, 0.5) is 0 Å². The van der Waals surface area contributed by atoms with Crippen LogP contribution in [0.3, 0.4) is 0 Å². The SMILES string of the molecule is C=NO/C(C)=C\Cc1ccc(C)cc1.CC. The summed E-state index contributed by atoms with van der Waals surface area (Å²) in [6, 6.07) is 8.43. The zero-order chi connectivity index (χ0) is 12.4. The number of allylic oxidation sites excluding steroid dienone is 2. The first-order chi connectivity index (χ1) is 7.72. The molecule has 2 heteroatoms. The lowest BCUT2D eigenvalue weighted by Crippen LogP contribution is -1.84. The maximum absolute atomic E-state index is 4.86. The molecule has 16 heavy (non-hydrogen) atoms. The molecule has 88 valence electrons. The van der Waals surface area contributed by atoms with Gasteiger partial charge >= 0.3 is 0 Å². The van der Waals surface area contributed by atoms with E-state index in [9.17, 15) is 0 Å². The van der Waals surface area contributed by atoms with Crippen molar-refractivity contribution in [3.8, 4) is 0 Å². The Bertz CT molecular complexity index is 325. The quantitative estimate of drug-likeness (QED) is 0.424. The molecule has 2 nitrogen and oxygen atoms in total. The zero-order valence-electron chi connectivity index (χ0n) is 10.7. The van der Waals surface area contributed by atoms with E-state index < -0.39 is 0 Å². The first-order valence-electron chi connectivity index (χ1n) is 5.57. The summed E-state index contributed by atoms with van der Waals surface area (Å²) in [5, 5.41) is 3.34. The molecule has 0 N–H and O–H groups in total. The Morgan fingerprint density at radius 3 is 2.38 bits per heavy atom. The monoisotopic (exact) mass is 219 g/mol. The minimum atomic E-state index is 0.778. The third-order valence-corrected chi connectivity index (χ3v) is 1.95. The number of hydrogen-bond donors (Lipinski definition) is 0. The van der Waals surface area contributed by atoms with Crippen molar-refractivity contribution in [2.24, 2.45) is 5.16 Å². The van der Waals surface area contributed by atoms with Gasteiger partial charge in [0, 0.05) is 6.72 Å². The molecule has 0 unspecified atom stereocenters. The number of aryl methyl sites for hydroxylation is 1. The van der Waals surface area contributed by atoms with E-state index in [1.165, 1.54) is 11.1 Å². The number of oxime groups is 1. The largest absolute Gasteiger partial charge is 0.363 e. The van der Waals surface area contributed by atoms with Crippen molar-refractivity contribution >= 4 is 6.72 Å². The topological polar surface area (TPSA) is 21.6 Å². The first kappa shape index (κ1) is 14.4. The van der Waals surface area contributed by atoms with Gasteiger partial charge in [-0.05, 0) is 31.9 Å². The summed E-state index contributed by atoms with van der Waals surface area (Å²) in [7, 11) is 0. The van der Waals surface area contributed by atoms with Crippen LogP contribution in [0.5, 0.6) is 0 Å². The van der Waals surface area contributed by atoms with E-state index in [1.807, 2.05) is 26.8 Å². The van der Waals surface area contributed by atoms with Gasteiger partial charge in [0.15, 0.2) is 0 Å².